The lowest BCUT2D eigenvalue weighted by atomic mass is 10.2. The fourth-order valence-corrected chi connectivity index (χ4v) is 4.39. The van der Waals surface area contributed by atoms with Gasteiger partial charge in [0.15, 0.2) is 5.17 Å². The van der Waals surface area contributed by atoms with Crippen molar-refractivity contribution in [2.45, 2.75) is 13.8 Å². The molecule has 4 rings (SSSR count). The Morgan fingerprint density at radius 1 is 1.10 bits per heavy atom. The van der Waals surface area contributed by atoms with Crippen molar-refractivity contribution in [2.75, 3.05) is 0 Å². The van der Waals surface area contributed by atoms with Gasteiger partial charge < -0.3 is 9.88 Å². The summed E-state index contributed by atoms with van der Waals surface area (Å²) in [6.07, 6.45) is 1.77. The number of benzene rings is 2. The Kier molecular flexibility index (Phi) is 5.62. The molecule has 30 heavy (non-hydrogen) atoms. The van der Waals surface area contributed by atoms with Crippen LogP contribution in [0.4, 0.5) is 14.5 Å². The predicted molar refractivity (Wildman–Crippen MR) is 120 cm³/mol. The Morgan fingerprint density at radius 3 is 2.53 bits per heavy atom. The fourth-order valence-electron chi connectivity index (χ4n) is 3.22. The summed E-state index contributed by atoms with van der Waals surface area (Å²) in [5.74, 6) is -0.951. The van der Waals surface area contributed by atoms with Crippen molar-refractivity contribution < 1.29 is 13.6 Å². The quantitative estimate of drug-likeness (QED) is 0.458. The molecule has 1 aliphatic heterocycles. The second-order valence-electron chi connectivity index (χ2n) is 6.72. The Hall–Kier alpha value is -2.71. The first kappa shape index (κ1) is 20.6. The third kappa shape index (κ3) is 4.11. The van der Waals surface area contributed by atoms with Crippen LogP contribution in [0.15, 0.2) is 62.9 Å². The monoisotopic (exact) mass is 487 g/mol. The number of amidine groups is 1. The molecule has 4 nitrogen and oxygen atoms in total. The van der Waals surface area contributed by atoms with Crippen molar-refractivity contribution in [1.29, 1.82) is 0 Å². The molecule has 2 aromatic carbocycles. The van der Waals surface area contributed by atoms with Gasteiger partial charge >= 0.3 is 0 Å². The molecule has 152 valence electrons. The van der Waals surface area contributed by atoms with Crippen LogP contribution in [0.2, 0.25) is 0 Å². The third-order valence-electron chi connectivity index (χ3n) is 4.62. The van der Waals surface area contributed by atoms with E-state index in [4.69, 9.17) is 0 Å². The number of aliphatic imine (C=N–C) groups is 1. The Balaban J connectivity index is 1.65. The number of thioether (sulfide) groups is 1. The van der Waals surface area contributed by atoms with Crippen molar-refractivity contribution in [3.8, 4) is 5.69 Å². The highest BCUT2D eigenvalue weighted by Gasteiger charge is 2.25. The van der Waals surface area contributed by atoms with Crippen molar-refractivity contribution in [3.05, 3.63) is 86.5 Å². The minimum Gasteiger partial charge on any atom is -0.315 e. The topological polar surface area (TPSA) is 46.4 Å². The number of rotatable bonds is 3. The maximum Gasteiger partial charge on any atom is 0.264 e. The van der Waals surface area contributed by atoms with Gasteiger partial charge in [0, 0.05) is 15.9 Å². The van der Waals surface area contributed by atoms with Crippen molar-refractivity contribution in [2.24, 2.45) is 4.99 Å². The number of hydrogen-bond donors (Lipinski definition) is 1. The van der Waals surface area contributed by atoms with Gasteiger partial charge in [0.25, 0.3) is 5.91 Å². The molecule has 1 saturated heterocycles. The predicted octanol–water partition coefficient (Wildman–Crippen LogP) is 6.03. The average Bonchev–Trinajstić information content (AvgIpc) is 3.17. The Bertz CT molecular complexity index is 1220. The standard InChI is InChI=1S/C22H16BrF2N3OS/c1-12-9-14(13(2)28(12)19-8-3-15(23)11-18(19)25)10-20-21(29)27-22(30-20)26-17-6-4-16(24)5-7-17/h3-11H,1-2H3,(H,26,27,29)/b20-10-. The number of aryl methyl sites for hydroxylation is 1. The summed E-state index contributed by atoms with van der Waals surface area (Å²) in [4.78, 5) is 17.2. The minimum atomic E-state index is -0.347. The molecule has 3 aromatic rings. The third-order valence-corrected chi connectivity index (χ3v) is 6.02. The van der Waals surface area contributed by atoms with E-state index in [9.17, 15) is 13.6 Å². The molecule has 0 saturated carbocycles. The van der Waals surface area contributed by atoms with Gasteiger partial charge in [-0.15, -0.1) is 0 Å². The molecule has 0 spiro atoms. The largest absolute Gasteiger partial charge is 0.315 e. The average molecular weight is 488 g/mol. The highest BCUT2D eigenvalue weighted by atomic mass is 79.9. The normalized spacial score (nSPS) is 16.5. The summed E-state index contributed by atoms with van der Waals surface area (Å²) in [7, 11) is 0. The second kappa shape index (κ2) is 8.20. The summed E-state index contributed by atoms with van der Waals surface area (Å²) in [6, 6.07) is 12.5. The zero-order valence-electron chi connectivity index (χ0n) is 16.0. The molecule has 8 heteroatoms. The maximum atomic E-state index is 14.5. The number of carbonyl (C=O) groups excluding carboxylic acids is 1. The van der Waals surface area contributed by atoms with Gasteiger partial charge in [-0.3, -0.25) is 4.79 Å². The molecule has 0 atom stereocenters. The van der Waals surface area contributed by atoms with Crippen molar-refractivity contribution in [3.63, 3.8) is 0 Å². The minimum absolute atomic E-state index is 0.263. The first-order chi connectivity index (χ1) is 14.3. The van der Waals surface area contributed by atoms with Crippen molar-refractivity contribution in [1.82, 2.24) is 9.88 Å². The van der Waals surface area contributed by atoms with Gasteiger partial charge in [-0.1, -0.05) is 15.9 Å². The van der Waals surface area contributed by atoms with Gasteiger partial charge in [-0.2, -0.15) is 0 Å². The Morgan fingerprint density at radius 2 is 1.83 bits per heavy atom. The van der Waals surface area contributed by atoms with E-state index in [1.54, 1.807) is 18.2 Å². The highest BCUT2D eigenvalue weighted by Crippen LogP contribution is 2.31. The number of amides is 1. The SMILES string of the molecule is Cc1cc(/C=C2\SC(=Nc3ccc(F)cc3)NC2=O)c(C)n1-c1ccc(Br)cc1F. The summed E-state index contributed by atoms with van der Waals surface area (Å²) in [6.45, 7) is 3.77. The number of nitrogens with one attached hydrogen (secondary N) is 1. The van der Waals surface area contributed by atoms with Gasteiger partial charge in [-0.05, 0) is 85.8 Å². The number of nitrogens with zero attached hydrogens (tertiary/aromatic N) is 2. The first-order valence-corrected chi connectivity index (χ1v) is 10.6. The van der Waals surface area contributed by atoms with Crippen LogP contribution in [-0.4, -0.2) is 15.6 Å². The molecular formula is C22H16BrF2N3OS. The van der Waals surface area contributed by atoms with E-state index >= 15 is 0 Å². The van der Waals surface area contributed by atoms with Crippen LogP contribution in [0, 0.1) is 25.5 Å². The maximum absolute atomic E-state index is 14.5. The molecule has 0 unspecified atom stereocenters. The molecule has 1 N–H and O–H groups in total. The molecule has 0 radical (unpaired) electrons. The van der Waals surface area contributed by atoms with Gasteiger partial charge in [0.05, 0.1) is 16.3 Å². The summed E-state index contributed by atoms with van der Waals surface area (Å²) >= 11 is 4.48. The van der Waals surface area contributed by atoms with E-state index in [0.29, 0.717) is 25.9 Å². The molecular weight excluding hydrogens is 472 g/mol. The van der Waals surface area contributed by atoms with Gasteiger partial charge in [0.1, 0.15) is 11.6 Å². The van der Waals surface area contributed by atoms with Crippen LogP contribution in [0.25, 0.3) is 11.8 Å². The summed E-state index contributed by atoms with van der Waals surface area (Å²) in [5, 5.41) is 3.14. The summed E-state index contributed by atoms with van der Waals surface area (Å²) in [5.41, 5.74) is 3.47. The van der Waals surface area contributed by atoms with E-state index < -0.39 is 0 Å². The lowest BCUT2D eigenvalue weighted by Crippen LogP contribution is -2.19. The van der Waals surface area contributed by atoms with Crippen LogP contribution in [0.1, 0.15) is 17.0 Å². The molecule has 1 aromatic heterocycles. The lowest BCUT2D eigenvalue weighted by Gasteiger charge is -2.11. The molecule has 1 amide bonds. The first-order valence-electron chi connectivity index (χ1n) is 9.01. The number of aromatic nitrogens is 1. The van der Waals surface area contributed by atoms with Crippen LogP contribution < -0.4 is 5.32 Å². The summed E-state index contributed by atoms with van der Waals surface area (Å²) < 4.78 is 30.0. The number of carbonyl (C=O) groups is 1. The lowest BCUT2D eigenvalue weighted by molar-refractivity contribution is -0.115. The van der Waals surface area contributed by atoms with E-state index in [1.807, 2.05) is 24.5 Å². The van der Waals surface area contributed by atoms with Crippen molar-refractivity contribution >= 4 is 50.5 Å². The van der Waals surface area contributed by atoms with E-state index in [2.05, 4.69) is 26.2 Å². The highest BCUT2D eigenvalue weighted by molar-refractivity contribution is 9.10. The van der Waals surface area contributed by atoms with E-state index in [1.165, 1.54) is 42.1 Å². The van der Waals surface area contributed by atoms with E-state index in [0.717, 1.165) is 17.0 Å². The molecule has 2 heterocycles. The zero-order valence-corrected chi connectivity index (χ0v) is 18.4. The molecule has 0 aliphatic carbocycles. The van der Waals surface area contributed by atoms with Crippen LogP contribution in [-0.2, 0) is 4.79 Å². The van der Waals surface area contributed by atoms with E-state index in [-0.39, 0.29) is 17.5 Å². The van der Waals surface area contributed by atoms with Gasteiger partial charge in [-0.25, -0.2) is 13.8 Å². The smallest absolute Gasteiger partial charge is 0.264 e. The number of hydrogen-bond acceptors (Lipinski definition) is 3. The van der Waals surface area contributed by atoms with Crippen LogP contribution in [0.3, 0.4) is 0 Å². The van der Waals surface area contributed by atoms with Crippen LogP contribution >= 0.6 is 27.7 Å². The van der Waals surface area contributed by atoms with Crippen LogP contribution in [0.5, 0.6) is 0 Å². The molecule has 1 aliphatic rings. The molecule has 1 fully saturated rings. The van der Waals surface area contributed by atoms with Gasteiger partial charge in [0.2, 0.25) is 0 Å². The number of halogens is 3. The fraction of sp³-hybridized carbons (Fsp3) is 0.0909. The zero-order chi connectivity index (χ0) is 21.4. The second-order valence-corrected chi connectivity index (χ2v) is 8.66. The Labute approximate surface area is 184 Å². The molecule has 0 bridgehead atoms.